The minimum atomic E-state index is -3.41. The number of benzene rings is 1. The Kier molecular flexibility index (Phi) is 4.49. The Morgan fingerprint density at radius 3 is 2.91 bits per heavy atom. The van der Waals surface area contributed by atoms with Crippen molar-refractivity contribution in [2.45, 2.75) is 12.2 Å². The van der Waals surface area contributed by atoms with Crippen LogP contribution in [0.5, 0.6) is 0 Å². The van der Waals surface area contributed by atoms with Crippen molar-refractivity contribution in [2.75, 3.05) is 6.54 Å². The Hall–Kier alpha value is -1.41. The van der Waals surface area contributed by atoms with Crippen LogP contribution in [0.2, 0.25) is 5.02 Å². The van der Waals surface area contributed by atoms with Crippen molar-refractivity contribution < 1.29 is 8.42 Å². The summed E-state index contributed by atoms with van der Waals surface area (Å²) in [6.45, 7) is 0.317. The molecule has 2 heterocycles. The Balaban J connectivity index is 1.58. The Morgan fingerprint density at radius 2 is 2.14 bits per heavy atom. The molecule has 0 unspecified atom stereocenters. The van der Waals surface area contributed by atoms with E-state index < -0.39 is 10.0 Å². The zero-order valence-electron chi connectivity index (χ0n) is 11.6. The number of fused-ring (bicyclic) bond motifs is 1. The fraction of sp³-hybridized carbons (Fsp3) is 0.214. The van der Waals surface area contributed by atoms with Crippen LogP contribution in [0.25, 0.3) is 4.96 Å². The zero-order chi connectivity index (χ0) is 15.6. The summed E-state index contributed by atoms with van der Waals surface area (Å²) >= 11 is 7.54. The quantitative estimate of drug-likeness (QED) is 0.739. The van der Waals surface area contributed by atoms with Crippen LogP contribution in [0.3, 0.4) is 0 Å². The van der Waals surface area contributed by atoms with Gasteiger partial charge < -0.3 is 0 Å². The Labute approximate surface area is 137 Å². The third-order valence-electron chi connectivity index (χ3n) is 3.15. The molecule has 1 N–H and O–H groups in total. The van der Waals surface area contributed by atoms with Gasteiger partial charge in [-0.1, -0.05) is 29.8 Å². The molecule has 3 aromatic rings. The second-order valence-electron chi connectivity index (χ2n) is 4.82. The predicted molar refractivity (Wildman–Crippen MR) is 88.9 cm³/mol. The van der Waals surface area contributed by atoms with E-state index in [1.165, 1.54) is 0 Å². The molecule has 1 aromatic carbocycles. The first kappa shape index (κ1) is 15.5. The van der Waals surface area contributed by atoms with E-state index in [1.54, 1.807) is 35.6 Å². The molecule has 8 heteroatoms. The highest BCUT2D eigenvalue weighted by Crippen LogP contribution is 2.17. The molecule has 116 valence electrons. The van der Waals surface area contributed by atoms with Gasteiger partial charge in [-0.05, 0) is 11.6 Å². The summed E-state index contributed by atoms with van der Waals surface area (Å²) in [5.41, 5.74) is 1.46. The molecule has 22 heavy (non-hydrogen) atoms. The third-order valence-corrected chi connectivity index (χ3v) is 5.62. The summed E-state index contributed by atoms with van der Waals surface area (Å²) in [4.78, 5) is 5.33. The molecular weight excluding hydrogens is 342 g/mol. The van der Waals surface area contributed by atoms with E-state index in [4.69, 9.17) is 11.6 Å². The van der Waals surface area contributed by atoms with Crippen LogP contribution < -0.4 is 4.72 Å². The summed E-state index contributed by atoms with van der Waals surface area (Å²) in [6, 6.07) is 6.94. The molecule has 5 nitrogen and oxygen atoms in total. The fourth-order valence-corrected chi connectivity index (χ4v) is 4.28. The van der Waals surface area contributed by atoms with E-state index in [0.29, 0.717) is 23.6 Å². The summed E-state index contributed by atoms with van der Waals surface area (Å²) in [6.07, 6.45) is 4.39. The van der Waals surface area contributed by atoms with Gasteiger partial charge >= 0.3 is 0 Å². The second kappa shape index (κ2) is 6.37. The number of rotatable bonds is 6. The molecule has 0 aliphatic heterocycles. The lowest BCUT2D eigenvalue weighted by molar-refractivity contribution is 0.580. The maximum absolute atomic E-state index is 12.1. The molecule has 0 saturated heterocycles. The van der Waals surface area contributed by atoms with E-state index in [1.807, 2.05) is 22.2 Å². The second-order valence-corrected chi connectivity index (χ2v) is 7.91. The van der Waals surface area contributed by atoms with E-state index in [2.05, 4.69) is 9.71 Å². The van der Waals surface area contributed by atoms with Gasteiger partial charge in [0.2, 0.25) is 10.0 Å². The zero-order valence-corrected chi connectivity index (χ0v) is 14.0. The first-order valence-corrected chi connectivity index (χ1v) is 9.56. The van der Waals surface area contributed by atoms with Crippen LogP contribution in [0.4, 0.5) is 0 Å². The molecule has 0 amide bonds. The highest BCUT2D eigenvalue weighted by Gasteiger charge is 2.13. The van der Waals surface area contributed by atoms with Crippen molar-refractivity contribution in [1.82, 2.24) is 14.1 Å². The molecule has 0 aliphatic carbocycles. The molecule has 2 aromatic heterocycles. The molecule has 3 rings (SSSR count). The number of imidazole rings is 1. The number of hydrogen-bond acceptors (Lipinski definition) is 4. The Bertz CT molecular complexity index is 858. The first-order chi connectivity index (χ1) is 10.5. The van der Waals surface area contributed by atoms with Gasteiger partial charge in [-0.25, -0.2) is 18.1 Å². The summed E-state index contributed by atoms with van der Waals surface area (Å²) in [5, 5.41) is 2.42. The van der Waals surface area contributed by atoms with Gasteiger partial charge in [-0.2, -0.15) is 0 Å². The van der Waals surface area contributed by atoms with Crippen LogP contribution in [0.1, 0.15) is 11.3 Å². The van der Waals surface area contributed by atoms with Crippen LogP contribution in [0, 0.1) is 0 Å². The number of halogens is 1. The van der Waals surface area contributed by atoms with Crippen molar-refractivity contribution in [1.29, 1.82) is 0 Å². The van der Waals surface area contributed by atoms with Gasteiger partial charge in [0.1, 0.15) is 0 Å². The fourth-order valence-electron chi connectivity index (χ4n) is 2.10. The number of nitrogens with zero attached hydrogens (tertiary/aromatic N) is 2. The van der Waals surface area contributed by atoms with Gasteiger partial charge in [0.15, 0.2) is 4.96 Å². The number of hydrogen-bond donors (Lipinski definition) is 1. The van der Waals surface area contributed by atoms with Gasteiger partial charge in [0.25, 0.3) is 0 Å². The van der Waals surface area contributed by atoms with Gasteiger partial charge in [-0.15, -0.1) is 11.3 Å². The number of thiazole rings is 1. The molecule has 0 aliphatic rings. The minimum Gasteiger partial charge on any atom is -0.297 e. The maximum atomic E-state index is 12.1. The molecule has 0 fully saturated rings. The van der Waals surface area contributed by atoms with E-state index in [-0.39, 0.29) is 5.75 Å². The molecule has 0 saturated carbocycles. The predicted octanol–water partition coefficient (Wildman–Crippen LogP) is 2.71. The lowest BCUT2D eigenvalue weighted by Gasteiger charge is -2.07. The van der Waals surface area contributed by atoms with Crippen molar-refractivity contribution in [3.8, 4) is 0 Å². The van der Waals surface area contributed by atoms with Gasteiger partial charge in [0, 0.05) is 35.8 Å². The molecule has 0 bridgehead atoms. The van der Waals surface area contributed by atoms with E-state index >= 15 is 0 Å². The van der Waals surface area contributed by atoms with Crippen LogP contribution in [0.15, 0.2) is 42.0 Å². The van der Waals surface area contributed by atoms with Crippen molar-refractivity contribution >= 4 is 37.9 Å². The smallest absolute Gasteiger partial charge is 0.215 e. The first-order valence-electron chi connectivity index (χ1n) is 6.65. The highest BCUT2D eigenvalue weighted by molar-refractivity contribution is 7.88. The normalized spacial score (nSPS) is 12.0. The molecule has 0 radical (unpaired) electrons. The standard InChI is InChI=1S/C14H14ClN3O2S2/c15-13-4-2-1-3-11(13)10-22(19,20)16-6-5-12-9-18-7-8-21-14(18)17-12/h1-4,7-9,16H,5-6,10H2. The SMILES string of the molecule is O=S(=O)(Cc1ccccc1Cl)NCCc1cn2ccsc2n1. The van der Waals surface area contributed by atoms with E-state index in [9.17, 15) is 8.42 Å². The number of sulfonamides is 1. The average molecular weight is 356 g/mol. The maximum Gasteiger partial charge on any atom is 0.215 e. The number of nitrogens with one attached hydrogen (secondary N) is 1. The van der Waals surface area contributed by atoms with Crippen LogP contribution in [-0.2, 0) is 22.2 Å². The van der Waals surface area contributed by atoms with Gasteiger partial charge in [0.05, 0.1) is 11.4 Å². The van der Waals surface area contributed by atoms with Crippen LogP contribution in [-0.4, -0.2) is 24.3 Å². The minimum absolute atomic E-state index is 0.120. The largest absolute Gasteiger partial charge is 0.297 e. The van der Waals surface area contributed by atoms with Gasteiger partial charge in [-0.3, -0.25) is 4.40 Å². The van der Waals surface area contributed by atoms with Crippen molar-refractivity contribution in [3.05, 3.63) is 58.3 Å². The summed E-state index contributed by atoms with van der Waals surface area (Å²) < 4.78 is 28.7. The monoisotopic (exact) mass is 355 g/mol. The lowest BCUT2D eigenvalue weighted by atomic mass is 10.2. The topological polar surface area (TPSA) is 63.5 Å². The average Bonchev–Trinajstić information content (AvgIpc) is 3.02. The highest BCUT2D eigenvalue weighted by atomic mass is 35.5. The molecule has 0 spiro atoms. The molecular formula is C14H14ClN3O2S2. The Morgan fingerprint density at radius 1 is 1.32 bits per heavy atom. The lowest BCUT2D eigenvalue weighted by Crippen LogP contribution is -2.27. The summed E-state index contributed by atoms with van der Waals surface area (Å²) in [5.74, 6) is -0.120. The van der Waals surface area contributed by atoms with Crippen molar-refractivity contribution in [2.24, 2.45) is 0 Å². The summed E-state index contributed by atoms with van der Waals surface area (Å²) in [7, 11) is -3.41. The van der Waals surface area contributed by atoms with E-state index in [0.717, 1.165) is 10.7 Å². The number of aromatic nitrogens is 2. The van der Waals surface area contributed by atoms with Crippen LogP contribution >= 0.6 is 22.9 Å². The van der Waals surface area contributed by atoms with Crippen molar-refractivity contribution in [3.63, 3.8) is 0 Å². The third kappa shape index (κ3) is 3.67. The molecule has 0 atom stereocenters.